The lowest BCUT2D eigenvalue weighted by Crippen LogP contribution is -2.60. The van der Waals surface area contributed by atoms with E-state index in [1.165, 1.54) is 12.8 Å². The molecule has 0 amide bonds. The van der Waals surface area contributed by atoms with Gasteiger partial charge in [0.05, 0.1) is 12.2 Å². The summed E-state index contributed by atoms with van der Waals surface area (Å²) in [7, 11) is 0. The van der Waals surface area contributed by atoms with Crippen LogP contribution in [0.3, 0.4) is 0 Å². The molecule has 4 aliphatic rings. The zero-order valence-corrected chi connectivity index (χ0v) is 11.9. The summed E-state index contributed by atoms with van der Waals surface area (Å²) in [5.74, 6) is 1.41. The van der Waals surface area contributed by atoms with Crippen molar-refractivity contribution in [1.82, 2.24) is 0 Å². The maximum absolute atomic E-state index is 11.6. The van der Waals surface area contributed by atoms with Gasteiger partial charge >= 0.3 is 5.97 Å². The van der Waals surface area contributed by atoms with Crippen LogP contribution in [0.4, 0.5) is 0 Å². The van der Waals surface area contributed by atoms with Gasteiger partial charge in [-0.2, -0.15) is 0 Å². The van der Waals surface area contributed by atoms with E-state index < -0.39 is 5.60 Å². The van der Waals surface area contributed by atoms with E-state index >= 15 is 0 Å². The molecular weight excluding hydrogens is 240 g/mol. The fraction of sp³-hybridized carbons (Fsp3) is 0.812. The third-order valence-electron chi connectivity index (χ3n) is 5.89. The maximum atomic E-state index is 11.6. The summed E-state index contributed by atoms with van der Waals surface area (Å²) >= 11 is 0. The number of hydrogen-bond donors (Lipinski definition) is 1. The van der Waals surface area contributed by atoms with E-state index in [9.17, 15) is 9.90 Å². The number of carbonyl (C=O) groups excluding carboxylic acids is 1. The van der Waals surface area contributed by atoms with Crippen molar-refractivity contribution < 1.29 is 14.6 Å². The first-order valence-electron chi connectivity index (χ1n) is 7.37. The molecule has 0 spiro atoms. The van der Waals surface area contributed by atoms with E-state index in [-0.39, 0.29) is 11.4 Å². The van der Waals surface area contributed by atoms with E-state index in [2.05, 4.69) is 13.5 Å². The molecule has 4 aliphatic carbocycles. The molecule has 0 aliphatic heterocycles. The molecule has 19 heavy (non-hydrogen) atoms. The fourth-order valence-corrected chi connectivity index (χ4v) is 4.86. The highest BCUT2D eigenvalue weighted by Crippen LogP contribution is 2.63. The topological polar surface area (TPSA) is 46.5 Å². The minimum absolute atomic E-state index is 0.0499. The lowest BCUT2D eigenvalue weighted by Gasteiger charge is -2.62. The zero-order chi connectivity index (χ0) is 13.8. The predicted molar refractivity (Wildman–Crippen MR) is 72.4 cm³/mol. The van der Waals surface area contributed by atoms with Gasteiger partial charge in [0.15, 0.2) is 0 Å². The molecule has 3 heteroatoms. The van der Waals surface area contributed by atoms with Gasteiger partial charge in [-0.1, -0.05) is 13.5 Å². The number of esters is 1. The Morgan fingerprint density at radius 1 is 1.32 bits per heavy atom. The summed E-state index contributed by atoms with van der Waals surface area (Å²) in [6.45, 7) is 8.04. The van der Waals surface area contributed by atoms with E-state index in [0.717, 1.165) is 19.3 Å². The molecule has 1 N–H and O–H groups in total. The number of rotatable bonds is 3. The van der Waals surface area contributed by atoms with Gasteiger partial charge in [-0.3, -0.25) is 0 Å². The van der Waals surface area contributed by atoms with Crippen molar-refractivity contribution in [2.75, 3.05) is 6.61 Å². The van der Waals surface area contributed by atoms with Gasteiger partial charge in [0, 0.05) is 11.0 Å². The average molecular weight is 264 g/mol. The minimum atomic E-state index is -0.422. The van der Waals surface area contributed by atoms with Crippen molar-refractivity contribution in [3.63, 3.8) is 0 Å². The van der Waals surface area contributed by atoms with Crippen LogP contribution >= 0.6 is 0 Å². The fourth-order valence-electron chi connectivity index (χ4n) is 4.86. The van der Waals surface area contributed by atoms with Gasteiger partial charge in [0.25, 0.3) is 0 Å². The average Bonchev–Trinajstić information content (AvgIpc) is 2.31. The first-order valence-corrected chi connectivity index (χ1v) is 7.37. The first-order chi connectivity index (χ1) is 8.82. The third-order valence-corrected chi connectivity index (χ3v) is 5.89. The van der Waals surface area contributed by atoms with Crippen molar-refractivity contribution in [1.29, 1.82) is 0 Å². The van der Waals surface area contributed by atoms with Crippen molar-refractivity contribution in [2.45, 2.75) is 51.6 Å². The molecule has 0 aromatic rings. The Hall–Kier alpha value is -0.830. The van der Waals surface area contributed by atoms with Crippen LogP contribution in [0.1, 0.15) is 46.0 Å². The highest BCUT2D eigenvalue weighted by atomic mass is 16.5. The summed E-state index contributed by atoms with van der Waals surface area (Å²) in [4.78, 5) is 11.6. The number of aliphatic hydroxyl groups is 1. The molecular formula is C16H24O3. The Balaban J connectivity index is 1.74. The molecule has 4 saturated carbocycles. The zero-order valence-electron chi connectivity index (χ0n) is 11.9. The molecule has 2 atom stereocenters. The second-order valence-electron chi connectivity index (χ2n) is 7.43. The van der Waals surface area contributed by atoms with Crippen molar-refractivity contribution in [2.24, 2.45) is 23.2 Å². The predicted octanol–water partition coefficient (Wildman–Crippen LogP) is 2.68. The highest BCUT2D eigenvalue weighted by molar-refractivity contribution is 5.86. The molecule has 4 bridgehead atoms. The van der Waals surface area contributed by atoms with Gasteiger partial charge in [0.2, 0.25) is 0 Å². The van der Waals surface area contributed by atoms with Crippen LogP contribution in [0, 0.1) is 23.2 Å². The van der Waals surface area contributed by atoms with Crippen molar-refractivity contribution in [3.05, 3.63) is 12.2 Å². The number of hydrogen-bond acceptors (Lipinski definition) is 3. The Labute approximate surface area is 115 Å². The summed E-state index contributed by atoms with van der Waals surface area (Å²) in [5.41, 5.74) is 0.0915. The van der Waals surface area contributed by atoms with E-state index in [1.54, 1.807) is 6.92 Å². The Bertz CT molecular complexity index is 410. The van der Waals surface area contributed by atoms with Gasteiger partial charge in [-0.25, -0.2) is 4.79 Å². The van der Waals surface area contributed by atoms with Crippen molar-refractivity contribution >= 4 is 5.97 Å². The quantitative estimate of drug-likeness (QED) is 0.629. The van der Waals surface area contributed by atoms with Gasteiger partial charge in [-0.15, -0.1) is 0 Å². The standard InChI is InChI=1S/C16H24O3/c1-10(2)14(17)19-9-15(3)12-4-11-5-13(15)8-16(18,6-11)7-12/h11-13,18H,1,4-9H2,2-3H3. The molecule has 0 heterocycles. The largest absolute Gasteiger partial charge is 0.462 e. The monoisotopic (exact) mass is 264 g/mol. The summed E-state index contributed by atoms with van der Waals surface area (Å²) < 4.78 is 5.45. The molecule has 2 unspecified atom stereocenters. The minimum Gasteiger partial charge on any atom is -0.462 e. The maximum Gasteiger partial charge on any atom is 0.333 e. The second-order valence-corrected chi connectivity index (χ2v) is 7.43. The van der Waals surface area contributed by atoms with Gasteiger partial charge in [0.1, 0.15) is 0 Å². The van der Waals surface area contributed by atoms with Crippen LogP contribution in [-0.2, 0) is 9.53 Å². The molecule has 0 saturated heterocycles. The molecule has 0 aromatic carbocycles. The summed E-state index contributed by atoms with van der Waals surface area (Å²) in [6.07, 6.45) is 5.16. The normalized spacial score (nSPS) is 47.2. The lowest BCUT2D eigenvalue weighted by molar-refractivity contribution is -0.201. The first kappa shape index (κ1) is 13.2. The van der Waals surface area contributed by atoms with Crippen LogP contribution in [0.5, 0.6) is 0 Å². The Morgan fingerprint density at radius 3 is 2.37 bits per heavy atom. The molecule has 4 fully saturated rings. The lowest BCUT2D eigenvalue weighted by atomic mass is 9.45. The number of carbonyl (C=O) groups is 1. The van der Waals surface area contributed by atoms with Crippen LogP contribution in [0.15, 0.2) is 12.2 Å². The van der Waals surface area contributed by atoms with E-state index in [4.69, 9.17) is 4.74 Å². The molecule has 0 aromatic heterocycles. The Morgan fingerprint density at radius 2 is 1.89 bits per heavy atom. The molecule has 0 radical (unpaired) electrons. The van der Waals surface area contributed by atoms with Crippen LogP contribution in [0.25, 0.3) is 0 Å². The van der Waals surface area contributed by atoms with Crippen molar-refractivity contribution in [3.8, 4) is 0 Å². The van der Waals surface area contributed by atoms with E-state index in [0.29, 0.717) is 29.9 Å². The third kappa shape index (κ3) is 2.03. The smallest absolute Gasteiger partial charge is 0.333 e. The van der Waals surface area contributed by atoms with Crippen LogP contribution in [0.2, 0.25) is 0 Å². The van der Waals surface area contributed by atoms with Crippen LogP contribution < -0.4 is 0 Å². The van der Waals surface area contributed by atoms with E-state index in [1.807, 2.05) is 0 Å². The van der Waals surface area contributed by atoms with Gasteiger partial charge in [-0.05, 0) is 56.8 Å². The molecule has 4 rings (SSSR count). The SMILES string of the molecule is C=C(C)C(=O)OCC1(C)C2CC3CC1CC(O)(C3)C2. The van der Waals surface area contributed by atoms with Crippen LogP contribution in [-0.4, -0.2) is 23.3 Å². The number of ether oxygens (including phenoxy) is 1. The highest BCUT2D eigenvalue weighted by Gasteiger charge is 2.60. The molecule has 3 nitrogen and oxygen atoms in total. The van der Waals surface area contributed by atoms with Gasteiger partial charge < -0.3 is 9.84 Å². The Kier molecular flexibility index (Phi) is 2.83. The second kappa shape index (κ2) is 4.08. The summed E-state index contributed by atoms with van der Waals surface area (Å²) in [6, 6.07) is 0. The molecule has 106 valence electrons. The summed E-state index contributed by atoms with van der Waals surface area (Å²) in [5, 5.41) is 10.6.